The summed E-state index contributed by atoms with van der Waals surface area (Å²) < 4.78 is 5.79. The highest BCUT2D eigenvalue weighted by Crippen LogP contribution is 2.40. The second-order valence-electron chi connectivity index (χ2n) is 6.42. The molecule has 1 aromatic rings. The first kappa shape index (κ1) is 14.1. The van der Waals surface area contributed by atoms with E-state index in [2.05, 4.69) is 4.99 Å². The highest BCUT2D eigenvalue weighted by atomic mass is 16.5. The lowest BCUT2D eigenvalue weighted by atomic mass is 9.79. The molecule has 5 heteroatoms. The van der Waals surface area contributed by atoms with Gasteiger partial charge in [-0.1, -0.05) is 30.3 Å². The average molecular weight is 287 g/mol. The van der Waals surface area contributed by atoms with Gasteiger partial charge in [0.15, 0.2) is 0 Å². The van der Waals surface area contributed by atoms with Crippen molar-refractivity contribution in [2.45, 2.75) is 44.4 Å². The smallest absolute Gasteiger partial charge is 0.346 e. The van der Waals surface area contributed by atoms with Crippen molar-refractivity contribution in [3.8, 4) is 0 Å². The van der Waals surface area contributed by atoms with Gasteiger partial charge in [0, 0.05) is 26.0 Å². The van der Waals surface area contributed by atoms with Crippen molar-refractivity contribution in [2.75, 3.05) is 6.61 Å². The van der Waals surface area contributed by atoms with Crippen LogP contribution in [0.3, 0.4) is 0 Å². The van der Waals surface area contributed by atoms with Gasteiger partial charge >= 0.3 is 6.03 Å². The van der Waals surface area contributed by atoms with Gasteiger partial charge in [-0.3, -0.25) is 0 Å². The van der Waals surface area contributed by atoms with Crippen molar-refractivity contribution in [1.82, 2.24) is 4.90 Å². The highest BCUT2D eigenvalue weighted by molar-refractivity contribution is 6.05. The molecule has 2 N–H and O–H groups in total. The van der Waals surface area contributed by atoms with Gasteiger partial charge in [-0.25, -0.2) is 4.79 Å². The first-order chi connectivity index (χ1) is 9.93. The molecule has 2 heterocycles. The number of rotatable bonds is 2. The first-order valence-electron chi connectivity index (χ1n) is 7.27. The van der Waals surface area contributed by atoms with Gasteiger partial charge in [0.1, 0.15) is 11.4 Å². The van der Waals surface area contributed by atoms with Gasteiger partial charge in [-0.2, -0.15) is 4.99 Å². The van der Waals surface area contributed by atoms with Crippen molar-refractivity contribution >= 4 is 11.9 Å². The van der Waals surface area contributed by atoms with Gasteiger partial charge in [0.05, 0.1) is 5.60 Å². The summed E-state index contributed by atoms with van der Waals surface area (Å²) in [6.45, 7) is 5.18. The summed E-state index contributed by atoms with van der Waals surface area (Å²) in [6.07, 6.45) is 1.37. The largest absolute Gasteiger partial charge is 0.385 e. The molecule has 1 unspecified atom stereocenters. The van der Waals surface area contributed by atoms with E-state index in [9.17, 15) is 4.79 Å². The number of amidine groups is 1. The Morgan fingerprint density at radius 2 is 2.05 bits per heavy atom. The number of aliphatic imine (C=N–C) groups is 1. The quantitative estimate of drug-likeness (QED) is 0.907. The van der Waals surface area contributed by atoms with Crippen molar-refractivity contribution in [3.05, 3.63) is 35.9 Å². The molecule has 2 aliphatic heterocycles. The van der Waals surface area contributed by atoms with Crippen LogP contribution in [0.15, 0.2) is 35.3 Å². The Labute approximate surface area is 124 Å². The standard InChI is InChI=1S/C16H21N3O2/c1-15(2)11-16(8-9-21-15)13(17)18-14(20)19(16)10-12-6-4-3-5-7-12/h3-7H,8-11H2,1-2H3,(H2,17,18,20). The Kier molecular flexibility index (Phi) is 3.24. The second-order valence-corrected chi connectivity index (χ2v) is 6.42. The monoisotopic (exact) mass is 287 g/mol. The maximum atomic E-state index is 12.3. The van der Waals surface area contributed by atoms with E-state index in [0.29, 0.717) is 31.8 Å². The van der Waals surface area contributed by atoms with Crippen LogP contribution in [0.4, 0.5) is 4.79 Å². The van der Waals surface area contributed by atoms with Crippen LogP contribution in [-0.2, 0) is 11.3 Å². The summed E-state index contributed by atoms with van der Waals surface area (Å²) in [5.74, 6) is 0.430. The van der Waals surface area contributed by atoms with E-state index < -0.39 is 5.54 Å². The van der Waals surface area contributed by atoms with Crippen LogP contribution in [0, 0.1) is 0 Å². The first-order valence-corrected chi connectivity index (χ1v) is 7.27. The van der Waals surface area contributed by atoms with E-state index in [0.717, 1.165) is 5.56 Å². The zero-order valence-electron chi connectivity index (χ0n) is 12.5. The zero-order valence-corrected chi connectivity index (χ0v) is 12.5. The molecular formula is C16H21N3O2. The molecule has 1 aromatic carbocycles. The number of ether oxygens (including phenoxy) is 1. The Bertz CT molecular complexity index is 582. The topological polar surface area (TPSA) is 67.9 Å². The number of nitrogens with two attached hydrogens (primary N) is 1. The zero-order chi connectivity index (χ0) is 15.1. The van der Waals surface area contributed by atoms with E-state index in [1.807, 2.05) is 49.1 Å². The van der Waals surface area contributed by atoms with E-state index in [1.165, 1.54) is 0 Å². The van der Waals surface area contributed by atoms with Gasteiger partial charge < -0.3 is 15.4 Å². The summed E-state index contributed by atoms with van der Waals surface area (Å²) in [5.41, 5.74) is 6.40. The third-order valence-electron chi connectivity index (χ3n) is 4.35. The highest BCUT2D eigenvalue weighted by Gasteiger charge is 2.53. The Morgan fingerprint density at radius 1 is 1.33 bits per heavy atom. The number of benzene rings is 1. The molecule has 1 atom stereocenters. The molecule has 0 bridgehead atoms. The molecule has 5 nitrogen and oxygen atoms in total. The fourth-order valence-corrected chi connectivity index (χ4v) is 3.36. The number of carbonyl (C=O) groups excluding carboxylic acids is 1. The molecule has 2 amide bonds. The lowest BCUT2D eigenvalue weighted by molar-refractivity contribution is -0.0904. The summed E-state index contributed by atoms with van der Waals surface area (Å²) in [7, 11) is 0. The van der Waals surface area contributed by atoms with Crippen LogP contribution in [0.5, 0.6) is 0 Å². The van der Waals surface area contributed by atoms with Gasteiger partial charge in [0.2, 0.25) is 0 Å². The minimum atomic E-state index is -0.505. The third kappa shape index (κ3) is 2.42. The van der Waals surface area contributed by atoms with Gasteiger partial charge in [-0.05, 0) is 19.4 Å². The minimum Gasteiger partial charge on any atom is -0.385 e. The maximum absolute atomic E-state index is 12.3. The number of carbonyl (C=O) groups is 1. The fraction of sp³-hybridized carbons (Fsp3) is 0.500. The molecule has 21 heavy (non-hydrogen) atoms. The van der Waals surface area contributed by atoms with Crippen LogP contribution in [0.2, 0.25) is 0 Å². The molecular weight excluding hydrogens is 266 g/mol. The molecule has 0 saturated carbocycles. The fourth-order valence-electron chi connectivity index (χ4n) is 3.36. The van der Waals surface area contributed by atoms with Crippen molar-refractivity contribution in [1.29, 1.82) is 0 Å². The van der Waals surface area contributed by atoms with E-state index in [-0.39, 0.29) is 11.6 Å². The molecule has 2 aliphatic rings. The Hall–Kier alpha value is -1.88. The third-order valence-corrected chi connectivity index (χ3v) is 4.35. The van der Waals surface area contributed by atoms with Gasteiger partial charge in [0.25, 0.3) is 0 Å². The van der Waals surface area contributed by atoms with E-state index in [4.69, 9.17) is 10.5 Å². The average Bonchev–Trinajstić information content (AvgIpc) is 2.63. The van der Waals surface area contributed by atoms with Crippen molar-refractivity contribution < 1.29 is 9.53 Å². The summed E-state index contributed by atoms with van der Waals surface area (Å²) >= 11 is 0. The molecule has 0 radical (unpaired) electrons. The lowest BCUT2D eigenvalue weighted by Gasteiger charge is -2.46. The summed E-state index contributed by atoms with van der Waals surface area (Å²) in [5, 5.41) is 0. The predicted molar refractivity (Wildman–Crippen MR) is 81.0 cm³/mol. The summed E-state index contributed by atoms with van der Waals surface area (Å²) in [4.78, 5) is 18.1. The molecule has 3 rings (SSSR count). The Morgan fingerprint density at radius 3 is 2.71 bits per heavy atom. The Balaban J connectivity index is 1.92. The number of urea groups is 1. The minimum absolute atomic E-state index is 0.242. The van der Waals surface area contributed by atoms with Gasteiger partial charge in [-0.15, -0.1) is 0 Å². The van der Waals surface area contributed by atoms with E-state index >= 15 is 0 Å². The normalized spacial score (nSPS) is 28.0. The van der Waals surface area contributed by atoms with Crippen LogP contribution < -0.4 is 5.73 Å². The van der Waals surface area contributed by atoms with Crippen molar-refractivity contribution in [3.63, 3.8) is 0 Å². The molecule has 112 valence electrons. The number of hydrogen-bond acceptors (Lipinski definition) is 3. The van der Waals surface area contributed by atoms with E-state index in [1.54, 1.807) is 0 Å². The summed E-state index contributed by atoms with van der Waals surface area (Å²) in [6, 6.07) is 9.70. The number of hydrogen-bond donors (Lipinski definition) is 1. The van der Waals surface area contributed by atoms with Crippen LogP contribution in [0.25, 0.3) is 0 Å². The second kappa shape index (κ2) is 4.84. The van der Waals surface area contributed by atoms with Crippen molar-refractivity contribution in [2.24, 2.45) is 10.7 Å². The predicted octanol–water partition coefficient (Wildman–Crippen LogP) is 2.31. The molecule has 1 fully saturated rings. The SMILES string of the molecule is CC1(C)CC2(CCO1)C(N)=NC(=O)N2Cc1ccccc1. The lowest BCUT2D eigenvalue weighted by Crippen LogP contribution is -2.60. The molecule has 1 spiro atoms. The maximum Gasteiger partial charge on any atom is 0.346 e. The van der Waals surface area contributed by atoms with Crippen LogP contribution in [-0.4, -0.2) is 34.5 Å². The van der Waals surface area contributed by atoms with Crippen LogP contribution in [0.1, 0.15) is 32.3 Å². The molecule has 0 aliphatic carbocycles. The number of nitrogens with zero attached hydrogens (tertiary/aromatic N) is 2. The van der Waals surface area contributed by atoms with Crippen LogP contribution >= 0.6 is 0 Å². The number of amides is 2. The molecule has 1 saturated heterocycles. The molecule has 0 aromatic heterocycles.